The number of aromatic amines is 1. The predicted molar refractivity (Wildman–Crippen MR) is 125 cm³/mol. The lowest BCUT2D eigenvalue weighted by atomic mass is 9.93. The average Bonchev–Trinajstić information content (AvgIpc) is 3.53. The fraction of sp³-hybridized carbons (Fsp3) is 0.107. The summed E-state index contributed by atoms with van der Waals surface area (Å²) in [5, 5.41) is 1.13. The van der Waals surface area contributed by atoms with Gasteiger partial charge < -0.3 is 14.3 Å². The molecule has 2 aromatic heterocycles. The van der Waals surface area contributed by atoms with Crippen LogP contribution in [0.5, 0.6) is 0 Å². The van der Waals surface area contributed by atoms with Crippen LogP contribution in [-0.2, 0) is 6.54 Å². The van der Waals surface area contributed by atoms with Crippen LogP contribution in [0.4, 0.5) is 0 Å². The standard InChI is InChI=1S/C28H22N2O2/c1-18-12-14-19(15-13-18)26-25(23-10-4-5-11-24(23)29-26)27-21-8-2-3-9-22(21)28(31)30(27)17-20-7-6-16-32-20/h2-16,27,29H,17H2,1H3/t27-/m1/s1. The van der Waals surface area contributed by atoms with Crippen LogP contribution < -0.4 is 0 Å². The van der Waals surface area contributed by atoms with Gasteiger partial charge in [-0.3, -0.25) is 4.79 Å². The van der Waals surface area contributed by atoms with Crippen molar-refractivity contribution in [1.29, 1.82) is 0 Å². The average molecular weight is 418 g/mol. The van der Waals surface area contributed by atoms with E-state index in [-0.39, 0.29) is 11.9 Å². The summed E-state index contributed by atoms with van der Waals surface area (Å²) in [6, 6.07) is 28.4. The fourth-order valence-corrected chi connectivity index (χ4v) is 4.81. The number of nitrogens with zero attached hydrogens (tertiary/aromatic N) is 1. The third-order valence-corrected chi connectivity index (χ3v) is 6.32. The Morgan fingerprint density at radius 3 is 2.50 bits per heavy atom. The number of para-hydroxylation sites is 1. The molecule has 0 bridgehead atoms. The third kappa shape index (κ3) is 2.88. The largest absolute Gasteiger partial charge is 0.467 e. The Morgan fingerprint density at radius 1 is 0.906 bits per heavy atom. The van der Waals surface area contributed by atoms with Crippen molar-refractivity contribution in [2.24, 2.45) is 0 Å². The van der Waals surface area contributed by atoms with Gasteiger partial charge in [-0.25, -0.2) is 0 Å². The molecule has 1 aliphatic rings. The first kappa shape index (κ1) is 18.7. The van der Waals surface area contributed by atoms with E-state index in [1.807, 2.05) is 41.3 Å². The van der Waals surface area contributed by atoms with Crippen LogP contribution in [0.3, 0.4) is 0 Å². The van der Waals surface area contributed by atoms with Crippen LogP contribution in [0, 0.1) is 6.92 Å². The first-order valence-electron chi connectivity index (χ1n) is 10.8. The molecule has 3 heterocycles. The third-order valence-electron chi connectivity index (χ3n) is 6.32. The van der Waals surface area contributed by atoms with Crippen molar-refractivity contribution in [3.63, 3.8) is 0 Å². The Morgan fingerprint density at radius 2 is 1.69 bits per heavy atom. The highest BCUT2D eigenvalue weighted by Gasteiger charge is 2.40. The van der Waals surface area contributed by atoms with Crippen molar-refractivity contribution in [2.75, 3.05) is 0 Å². The minimum atomic E-state index is -0.212. The topological polar surface area (TPSA) is 49.2 Å². The van der Waals surface area contributed by atoms with Crippen molar-refractivity contribution < 1.29 is 9.21 Å². The van der Waals surface area contributed by atoms with Crippen molar-refractivity contribution in [2.45, 2.75) is 19.5 Å². The van der Waals surface area contributed by atoms with Crippen LogP contribution >= 0.6 is 0 Å². The van der Waals surface area contributed by atoms with Gasteiger partial charge in [-0.15, -0.1) is 0 Å². The number of aryl methyl sites for hydroxylation is 1. The van der Waals surface area contributed by atoms with E-state index in [4.69, 9.17) is 4.42 Å². The second kappa shape index (κ2) is 7.27. The van der Waals surface area contributed by atoms with Gasteiger partial charge in [0.15, 0.2) is 0 Å². The molecule has 156 valence electrons. The molecule has 0 aliphatic carbocycles. The molecule has 0 fully saturated rings. The molecule has 0 spiro atoms. The molecule has 3 aromatic carbocycles. The smallest absolute Gasteiger partial charge is 0.255 e. The van der Waals surface area contributed by atoms with Gasteiger partial charge in [0.25, 0.3) is 5.91 Å². The van der Waals surface area contributed by atoms with Gasteiger partial charge in [0, 0.05) is 22.0 Å². The van der Waals surface area contributed by atoms with Crippen LogP contribution in [0.2, 0.25) is 0 Å². The number of rotatable bonds is 4. The number of nitrogens with one attached hydrogen (secondary N) is 1. The summed E-state index contributed by atoms with van der Waals surface area (Å²) >= 11 is 0. The number of furan rings is 1. The maximum absolute atomic E-state index is 13.5. The van der Waals surface area contributed by atoms with E-state index in [0.29, 0.717) is 6.54 Å². The molecule has 1 aliphatic heterocycles. The highest BCUT2D eigenvalue weighted by molar-refractivity contribution is 6.02. The molecule has 1 atom stereocenters. The van der Waals surface area contributed by atoms with E-state index in [9.17, 15) is 4.79 Å². The number of hydrogen-bond donors (Lipinski definition) is 1. The van der Waals surface area contributed by atoms with E-state index in [2.05, 4.69) is 60.4 Å². The zero-order valence-corrected chi connectivity index (χ0v) is 17.7. The Hall–Kier alpha value is -4.05. The van der Waals surface area contributed by atoms with Crippen molar-refractivity contribution in [1.82, 2.24) is 9.88 Å². The van der Waals surface area contributed by atoms with Crippen LogP contribution in [0.15, 0.2) is 95.6 Å². The molecule has 0 radical (unpaired) electrons. The lowest BCUT2D eigenvalue weighted by molar-refractivity contribution is 0.0724. The quantitative estimate of drug-likeness (QED) is 0.363. The van der Waals surface area contributed by atoms with E-state index in [1.54, 1.807) is 6.26 Å². The number of hydrogen-bond acceptors (Lipinski definition) is 2. The number of fused-ring (bicyclic) bond motifs is 2. The molecule has 4 nitrogen and oxygen atoms in total. The van der Waals surface area contributed by atoms with Crippen molar-refractivity contribution in [3.05, 3.63) is 119 Å². The van der Waals surface area contributed by atoms with Gasteiger partial charge in [-0.1, -0.05) is 66.2 Å². The normalized spacial score (nSPS) is 15.5. The number of aromatic nitrogens is 1. The minimum Gasteiger partial charge on any atom is -0.467 e. The number of H-pyrrole nitrogens is 1. The predicted octanol–water partition coefficient (Wildman–Crippen LogP) is 6.48. The van der Waals surface area contributed by atoms with Gasteiger partial charge in [0.1, 0.15) is 5.76 Å². The molecule has 32 heavy (non-hydrogen) atoms. The summed E-state index contributed by atoms with van der Waals surface area (Å²) < 4.78 is 5.62. The van der Waals surface area contributed by atoms with Gasteiger partial charge in [-0.2, -0.15) is 0 Å². The van der Waals surface area contributed by atoms with Crippen LogP contribution in [0.25, 0.3) is 22.2 Å². The Bertz CT molecular complexity index is 1430. The Kier molecular flexibility index (Phi) is 4.25. The van der Waals surface area contributed by atoms with Gasteiger partial charge >= 0.3 is 0 Å². The summed E-state index contributed by atoms with van der Waals surface area (Å²) in [7, 11) is 0. The zero-order valence-electron chi connectivity index (χ0n) is 17.7. The summed E-state index contributed by atoms with van der Waals surface area (Å²) in [6.45, 7) is 2.50. The zero-order chi connectivity index (χ0) is 21.7. The molecule has 6 rings (SSSR count). The lowest BCUT2D eigenvalue weighted by Crippen LogP contribution is -2.28. The van der Waals surface area contributed by atoms with Gasteiger partial charge in [0.05, 0.1) is 24.5 Å². The van der Waals surface area contributed by atoms with Crippen molar-refractivity contribution in [3.8, 4) is 11.3 Å². The molecular formula is C28H22N2O2. The van der Waals surface area contributed by atoms with E-state index >= 15 is 0 Å². The minimum absolute atomic E-state index is 0.0298. The summed E-state index contributed by atoms with van der Waals surface area (Å²) in [4.78, 5) is 19.1. The van der Waals surface area contributed by atoms with E-state index in [0.717, 1.165) is 44.6 Å². The second-order valence-corrected chi connectivity index (χ2v) is 8.33. The number of carbonyl (C=O) groups is 1. The van der Waals surface area contributed by atoms with E-state index < -0.39 is 0 Å². The van der Waals surface area contributed by atoms with Crippen LogP contribution in [-0.4, -0.2) is 15.8 Å². The molecule has 1 amide bonds. The van der Waals surface area contributed by atoms with Crippen molar-refractivity contribution >= 4 is 16.8 Å². The van der Waals surface area contributed by atoms with Crippen LogP contribution in [0.1, 0.15) is 38.9 Å². The highest BCUT2D eigenvalue weighted by atomic mass is 16.3. The number of carbonyl (C=O) groups excluding carboxylic acids is 1. The Labute approximate surface area is 186 Å². The summed E-state index contributed by atoms with van der Waals surface area (Å²) in [5.74, 6) is 0.801. The first-order chi connectivity index (χ1) is 15.7. The summed E-state index contributed by atoms with van der Waals surface area (Å²) in [6.07, 6.45) is 1.65. The molecule has 0 saturated heterocycles. The monoisotopic (exact) mass is 418 g/mol. The first-order valence-corrected chi connectivity index (χ1v) is 10.8. The second-order valence-electron chi connectivity index (χ2n) is 8.33. The number of amides is 1. The molecule has 0 saturated carbocycles. The highest BCUT2D eigenvalue weighted by Crippen LogP contribution is 2.46. The summed E-state index contributed by atoms with van der Waals surface area (Å²) in [5.41, 5.74) is 7.34. The fourth-order valence-electron chi connectivity index (χ4n) is 4.81. The Balaban J connectivity index is 1.61. The van der Waals surface area contributed by atoms with Gasteiger partial charge in [-0.05, 0) is 42.3 Å². The molecule has 5 aromatic rings. The molecule has 0 unspecified atom stereocenters. The van der Waals surface area contributed by atoms with Gasteiger partial charge in [0.2, 0.25) is 0 Å². The lowest BCUT2D eigenvalue weighted by Gasteiger charge is -2.26. The maximum atomic E-state index is 13.5. The number of benzene rings is 3. The molecule has 1 N–H and O–H groups in total. The molecular weight excluding hydrogens is 396 g/mol. The van der Waals surface area contributed by atoms with E-state index in [1.165, 1.54) is 5.56 Å². The maximum Gasteiger partial charge on any atom is 0.255 e. The molecule has 4 heteroatoms. The SMILES string of the molecule is Cc1ccc(-c2[nH]c3ccccc3c2[C@H]2c3ccccc3C(=O)N2Cc2ccco2)cc1.